The minimum Gasteiger partial charge on any atom is -0.459 e. The number of nitrogens with two attached hydrogens (primary N) is 1. The molecule has 3 heteroatoms. The van der Waals surface area contributed by atoms with Crippen molar-refractivity contribution in [2.45, 2.75) is 70.4 Å². The second-order valence-corrected chi connectivity index (χ2v) is 6.13. The molecule has 99 valence electrons. The molecule has 17 heavy (non-hydrogen) atoms. The van der Waals surface area contributed by atoms with Gasteiger partial charge in [0.2, 0.25) is 0 Å². The Morgan fingerprint density at radius 3 is 2.24 bits per heavy atom. The first kappa shape index (κ1) is 14.5. The van der Waals surface area contributed by atoms with Crippen LogP contribution in [-0.2, 0) is 9.53 Å². The van der Waals surface area contributed by atoms with Crippen LogP contribution in [0.2, 0.25) is 0 Å². The smallest absolute Gasteiger partial charge is 0.326 e. The Kier molecular flexibility index (Phi) is 4.59. The van der Waals surface area contributed by atoms with Crippen LogP contribution >= 0.6 is 0 Å². The molecule has 0 aromatic heterocycles. The lowest BCUT2D eigenvalue weighted by Crippen LogP contribution is -2.56. The van der Waals surface area contributed by atoms with Gasteiger partial charge in [0.05, 0.1) is 0 Å². The van der Waals surface area contributed by atoms with Gasteiger partial charge in [0.15, 0.2) is 0 Å². The van der Waals surface area contributed by atoms with Gasteiger partial charge in [0, 0.05) is 0 Å². The monoisotopic (exact) mass is 240 g/mol. The molecule has 1 unspecified atom stereocenters. The maximum absolute atomic E-state index is 12.2. The van der Waals surface area contributed by atoms with Gasteiger partial charge in [-0.05, 0) is 46.0 Å². The standard InChI is InChI=1S/C14H26NO2/c1-5-14(15,11-9-7-6-8-10-11)12(16)17-13(2,3)4/h11H,1,5-10,15H2,2-4H3. The molecule has 0 amide bonds. The van der Waals surface area contributed by atoms with E-state index in [2.05, 4.69) is 6.92 Å². The van der Waals surface area contributed by atoms with Crippen molar-refractivity contribution in [3.63, 3.8) is 0 Å². The second kappa shape index (κ2) is 5.38. The second-order valence-electron chi connectivity index (χ2n) is 6.13. The van der Waals surface area contributed by atoms with Gasteiger partial charge in [-0.1, -0.05) is 26.2 Å². The van der Waals surface area contributed by atoms with Gasteiger partial charge in [-0.15, -0.1) is 0 Å². The zero-order valence-corrected chi connectivity index (χ0v) is 11.4. The van der Waals surface area contributed by atoms with Crippen molar-refractivity contribution in [1.29, 1.82) is 0 Å². The summed E-state index contributed by atoms with van der Waals surface area (Å²) in [6.45, 7) is 9.47. The minimum atomic E-state index is -0.895. The van der Waals surface area contributed by atoms with E-state index in [1.807, 2.05) is 20.8 Å². The third-order valence-electron chi connectivity index (χ3n) is 3.53. The van der Waals surface area contributed by atoms with E-state index in [9.17, 15) is 4.79 Å². The van der Waals surface area contributed by atoms with Crippen molar-refractivity contribution >= 4 is 5.97 Å². The van der Waals surface area contributed by atoms with Crippen LogP contribution in [-0.4, -0.2) is 17.1 Å². The van der Waals surface area contributed by atoms with Crippen LogP contribution in [0.5, 0.6) is 0 Å². The Bertz CT molecular complexity index is 264. The van der Waals surface area contributed by atoms with Crippen molar-refractivity contribution in [1.82, 2.24) is 0 Å². The van der Waals surface area contributed by atoms with Gasteiger partial charge in [-0.2, -0.15) is 0 Å². The number of carbonyl (C=O) groups excluding carboxylic acids is 1. The largest absolute Gasteiger partial charge is 0.459 e. The van der Waals surface area contributed by atoms with Crippen LogP contribution in [0.4, 0.5) is 0 Å². The molecule has 0 bridgehead atoms. The third kappa shape index (κ3) is 3.70. The molecule has 0 heterocycles. The first-order valence-corrected chi connectivity index (χ1v) is 6.61. The van der Waals surface area contributed by atoms with E-state index in [0.29, 0.717) is 6.42 Å². The quantitative estimate of drug-likeness (QED) is 0.772. The van der Waals surface area contributed by atoms with Gasteiger partial charge < -0.3 is 10.5 Å². The molecule has 0 saturated heterocycles. The predicted molar refractivity (Wildman–Crippen MR) is 69.3 cm³/mol. The van der Waals surface area contributed by atoms with E-state index in [1.54, 1.807) is 0 Å². The highest BCUT2D eigenvalue weighted by Crippen LogP contribution is 2.34. The average Bonchev–Trinajstić information content (AvgIpc) is 2.27. The molecule has 1 rings (SSSR count). The molecule has 0 spiro atoms. The normalized spacial score (nSPS) is 21.9. The van der Waals surface area contributed by atoms with Gasteiger partial charge in [-0.3, -0.25) is 4.79 Å². The lowest BCUT2D eigenvalue weighted by molar-refractivity contribution is -0.164. The molecule has 1 aliphatic carbocycles. The molecule has 1 fully saturated rings. The molecule has 2 N–H and O–H groups in total. The molecular formula is C14H26NO2. The van der Waals surface area contributed by atoms with E-state index in [0.717, 1.165) is 25.7 Å². The first-order chi connectivity index (χ1) is 7.79. The number of hydrogen-bond donors (Lipinski definition) is 1. The molecule has 0 aromatic carbocycles. The van der Waals surface area contributed by atoms with Gasteiger partial charge in [0.25, 0.3) is 0 Å². The lowest BCUT2D eigenvalue weighted by Gasteiger charge is -2.38. The van der Waals surface area contributed by atoms with Crippen LogP contribution in [0.15, 0.2) is 0 Å². The van der Waals surface area contributed by atoms with Crippen molar-refractivity contribution in [3.05, 3.63) is 6.92 Å². The summed E-state index contributed by atoms with van der Waals surface area (Å²) < 4.78 is 5.44. The van der Waals surface area contributed by atoms with Crippen molar-refractivity contribution in [2.24, 2.45) is 11.7 Å². The van der Waals surface area contributed by atoms with Crippen molar-refractivity contribution in [2.75, 3.05) is 0 Å². The number of ether oxygens (including phenoxy) is 1. The summed E-state index contributed by atoms with van der Waals surface area (Å²) in [7, 11) is 0. The minimum absolute atomic E-state index is 0.226. The van der Waals surface area contributed by atoms with Crippen molar-refractivity contribution in [3.8, 4) is 0 Å². The summed E-state index contributed by atoms with van der Waals surface area (Å²) in [6.07, 6.45) is 6.01. The zero-order chi connectivity index (χ0) is 13.1. The summed E-state index contributed by atoms with van der Waals surface area (Å²) in [5.41, 5.74) is 4.91. The summed E-state index contributed by atoms with van der Waals surface area (Å²) in [5.74, 6) is -0.0597. The number of carbonyl (C=O) groups is 1. The predicted octanol–water partition coefficient (Wildman–Crippen LogP) is 2.83. The van der Waals surface area contributed by atoms with Crippen LogP contribution < -0.4 is 5.73 Å². The average molecular weight is 240 g/mol. The maximum atomic E-state index is 12.2. The van der Waals surface area contributed by atoms with Crippen LogP contribution in [0.25, 0.3) is 0 Å². The first-order valence-electron chi connectivity index (χ1n) is 6.61. The van der Waals surface area contributed by atoms with Crippen molar-refractivity contribution < 1.29 is 9.53 Å². The summed E-state index contributed by atoms with van der Waals surface area (Å²) in [6, 6.07) is 0. The molecule has 1 radical (unpaired) electrons. The molecule has 0 aliphatic heterocycles. The van der Waals surface area contributed by atoms with E-state index in [-0.39, 0.29) is 11.9 Å². The Morgan fingerprint density at radius 2 is 1.82 bits per heavy atom. The SMILES string of the molecule is [CH2]CC(N)(C(=O)OC(C)(C)C)C1CCCCC1. The molecule has 1 aliphatic rings. The maximum Gasteiger partial charge on any atom is 0.326 e. The Balaban J connectivity index is 2.75. The van der Waals surface area contributed by atoms with Gasteiger partial charge in [0.1, 0.15) is 11.1 Å². The fourth-order valence-electron chi connectivity index (χ4n) is 2.46. The van der Waals surface area contributed by atoms with E-state index < -0.39 is 11.1 Å². The van der Waals surface area contributed by atoms with Crippen LogP contribution in [0.3, 0.4) is 0 Å². The fourth-order valence-corrected chi connectivity index (χ4v) is 2.46. The Hall–Kier alpha value is -0.570. The fraction of sp³-hybridized carbons (Fsp3) is 0.857. The van der Waals surface area contributed by atoms with Gasteiger partial charge in [-0.25, -0.2) is 0 Å². The van der Waals surface area contributed by atoms with Gasteiger partial charge >= 0.3 is 5.97 Å². The van der Waals surface area contributed by atoms with E-state index in [1.165, 1.54) is 6.42 Å². The number of hydrogen-bond acceptors (Lipinski definition) is 3. The Morgan fingerprint density at radius 1 is 1.29 bits per heavy atom. The number of rotatable bonds is 3. The summed E-state index contributed by atoms with van der Waals surface area (Å²) >= 11 is 0. The number of esters is 1. The Labute approximate surface area is 105 Å². The molecule has 3 nitrogen and oxygen atoms in total. The third-order valence-corrected chi connectivity index (χ3v) is 3.53. The highest BCUT2D eigenvalue weighted by molar-refractivity contribution is 5.81. The van der Waals surface area contributed by atoms with E-state index >= 15 is 0 Å². The zero-order valence-electron chi connectivity index (χ0n) is 11.4. The highest BCUT2D eigenvalue weighted by Gasteiger charge is 2.43. The van der Waals surface area contributed by atoms with E-state index in [4.69, 9.17) is 10.5 Å². The molecule has 1 saturated carbocycles. The summed E-state index contributed by atoms with van der Waals surface area (Å²) in [5, 5.41) is 0. The summed E-state index contributed by atoms with van der Waals surface area (Å²) in [4.78, 5) is 12.2. The lowest BCUT2D eigenvalue weighted by atomic mass is 9.73. The topological polar surface area (TPSA) is 52.3 Å². The van der Waals surface area contributed by atoms with Crippen LogP contribution in [0, 0.1) is 12.8 Å². The molecule has 0 aromatic rings. The molecule has 1 atom stereocenters. The molecular weight excluding hydrogens is 214 g/mol. The van der Waals surface area contributed by atoms with Crippen LogP contribution in [0.1, 0.15) is 59.3 Å². The highest BCUT2D eigenvalue weighted by atomic mass is 16.6.